The highest BCUT2D eigenvalue weighted by Crippen LogP contribution is 2.38. The molecule has 2 heteroatoms. The van der Waals surface area contributed by atoms with E-state index in [9.17, 15) is 4.79 Å². The number of ether oxygens (including phenoxy) is 1. The number of rotatable bonds is 2. The summed E-state index contributed by atoms with van der Waals surface area (Å²) in [7, 11) is 0. The molecule has 0 saturated carbocycles. The Kier molecular flexibility index (Phi) is 5.23. The minimum absolute atomic E-state index is 0.0162. The Hall–Kier alpha value is -1.75. The smallest absolute Gasteiger partial charge is 0.193 e. The standard InChI is InChI=1S/C19H26O2/c1-8-21-17-14(10-9-11-20)12-15(18(2,3)4)13-16(17)19(5,6)7/h11-13H,8H2,1-7H3. The van der Waals surface area contributed by atoms with Crippen molar-refractivity contribution in [1.82, 2.24) is 0 Å². The van der Waals surface area contributed by atoms with Crippen LogP contribution in [0.5, 0.6) is 5.75 Å². The summed E-state index contributed by atoms with van der Waals surface area (Å²) in [6.45, 7) is 15.5. The molecule has 0 fully saturated rings. The largest absolute Gasteiger partial charge is 0.492 e. The molecular weight excluding hydrogens is 260 g/mol. The van der Waals surface area contributed by atoms with E-state index in [-0.39, 0.29) is 10.8 Å². The van der Waals surface area contributed by atoms with Gasteiger partial charge in [0.2, 0.25) is 0 Å². The zero-order valence-electron chi connectivity index (χ0n) is 14.3. The molecule has 0 aliphatic heterocycles. The van der Waals surface area contributed by atoms with Crippen molar-refractivity contribution in [3.05, 3.63) is 28.8 Å². The van der Waals surface area contributed by atoms with Gasteiger partial charge in [0.25, 0.3) is 0 Å². The second kappa shape index (κ2) is 6.35. The van der Waals surface area contributed by atoms with Gasteiger partial charge in [-0.2, -0.15) is 0 Å². The van der Waals surface area contributed by atoms with Crippen LogP contribution in [0.25, 0.3) is 0 Å². The molecule has 0 bridgehead atoms. The molecule has 0 N–H and O–H groups in total. The van der Waals surface area contributed by atoms with Crippen LogP contribution in [0, 0.1) is 11.8 Å². The van der Waals surface area contributed by atoms with Gasteiger partial charge in [0.1, 0.15) is 5.75 Å². The number of hydrogen-bond donors (Lipinski definition) is 0. The fourth-order valence-electron chi connectivity index (χ4n) is 2.12. The molecule has 0 aromatic heterocycles. The maximum Gasteiger partial charge on any atom is 0.193 e. The van der Waals surface area contributed by atoms with Gasteiger partial charge in [-0.05, 0) is 35.3 Å². The molecule has 0 aliphatic carbocycles. The van der Waals surface area contributed by atoms with E-state index in [0.717, 1.165) is 16.9 Å². The van der Waals surface area contributed by atoms with Gasteiger partial charge in [0.15, 0.2) is 6.29 Å². The lowest BCUT2D eigenvalue weighted by Crippen LogP contribution is -2.18. The predicted molar refractivity (Wildman–Crippen MR) is 88.0 cm³/mol. The predicted octanol–water partition coefficient (Wildman–Crippen LogP) is 4.23. The van der Waals surface area contributed by atoms with E-state index in [1.165, 1.54) is 5.56 Å². The summed E-state index contributed by atoms with van der Waals surface area (Å²) in [5, 5.41) is 0. The zero-order chi connectivity index (χ0) is 16.3. The first-order valence-corrected chi connectivity index (χ1v) is 7.38. The van der Waals surface area contributed by atoms with Gasteiger partial charge < -0.3 is 4.74 Å². The second-order valence-corrected chi connectivity index (χ2v) is 7.22. The Bertz CT molecular complexity index is 573. The van der Waals surface area contributed by atoms with E-state index >= 15 is 0 Å². The Balaban J connectivity index is 3.69. The Morgan fingerprint density at radius 2 is 1.71 bits per heavy atom. The molecule has 0 amide bonds. The van der Waals surface area contributed by atoms with Crippen molar-refractivity contribution in [3.8, 4) is 17.6 Å². The van der Waals surface area contributed by atoms with Crippen LogP contribution in [-0.2, 0) is 15.6 Å². The number of hydrogen-bond acceptors (Lipinski definition) is 2. The number of carbonyl (C=O) groups excluding carboxylic acids is 1. The molecule has 0 heterocycles. The molecule has 0 radical (unpaired) electrons. The van der Waals surface area contributed by atoms with E-state index in [4.69, 9.17) is 4.74 Å². The van der Waals surface area contributed by atoms with Gasteiger partial charge in [-0.25, -0.2) is 0 Å². The van der Waals surface area contributed by atoms with Crippen LogP contribution >= 0.6 is 0 Å². The van der Waals surface area contributed by atoms with Crippen LogP contribution in [0.15, 0.2) is 12.1 Å². The van der Waals surface area contributed by atoms with Crippen molar-refractivity contribution in [3.63, 3.8) is 0 Å². The number of aldehydes is 1. The van der Waals surface area contributed by atoms with Gasteiger partial charge in [-0.3, -0.25) is 4.79 Å². The molecule has 1 aromatic rings. The molecule has 114 valence electrons. The Morgan fingerprint density at radius 3 is 2.14 bits per heavy atom. The minimum atomic E-state index is -0.0522. The van der Waals surface area contributed by atoms with Crippen molar-refractivity contribution in [1.29, 1.82) is 0 Å². The molecule has 0 spiro atoms. The Labute approximate surface area is 128 Å². The molecule has 1 aromatic carbocycles. The van der Waals surface area contributed by atoms with Crippen LogP contribution in [0.4, 0.5) is 0 Å². The fourth-order valence-corrected chi connectivity index (χ4v) is 2.12. The molecule has 0 atom stereocenters. The van der Waals surface area contributed by atoms with Gasteiger partial charge in [-0.1, -0.05) is 53.5 Å². The summed E-state index contributed by atoms with van der Waals surface area (Å²) >= 11 is 0. The van der Waals surface area contributed by atoms with Crippen molar-refractivity contribution in [2.75, 3.05) is 6.61 Å². The monoisotopic (exact) mass is 286 g/mol. The van der Waals surface area contributed by atoms with Gasteiger partial charge in [-0.15, -0.1) is 0 Å². The fraction of sp³-hybridized carbons (Fsp3) is 0.526. The average molecular weight is 286 g/mol. The highest BCUT2D eigenvalue weighted by atomic mass is 16.5. The minimum Gasteiger partial charge on any atom is -0.492 e. The molecule has 0 unspecified atom stereocenters. The highest BCUT2D eigenvalue weighted by Gasteiger charge is 2.25. The van der Waals surface area contributed by atoms with E-state index in [0.29, 0.717) is 12.9 Å². The first kappa shape index (κ1) is 17.3. The van der Waals surface area contributed by atoms with E-state index < -0.39 is 0 Å². The molecular formula is C19H26O2. The maximum absolute atomic E-state index is 10.6. The second-order valence-electron chi connectivity index (χ2n) is 7.22. The summed E-state index contributed by atoms with van der Waals surface area (Å²) in [5.41, 5.74) is 3.09. The van der Waals surface area contributed by atoms with Crippen LogP contribution in [0.2, 0.25) is 0 Å². The van der Waals surface area contributed by atoms with Gasteiger partial charge in [0.05, 0.1) is 12.2 Å². The lowest BCUT2D eigenvalue weighted by Gasteiger charge is -2.28. The van der Waals surface area contributed by atoms with E-state index in [1.54, 1.807) is 0 Å². The van der Waals surface area contributed by atoms with Gasteiger partial charge >= 0.3 is 0 Å². The van der Waals surface area contributed by atoms with Crippen LogP contribution in [0.1, 0.15) is 65.2 Å². The summed E-state index contributed by atoms with van der Waals surface area (Å²) in [6, 6.07) is 4.24. The first-order chi connectivity index (χ1) is 9.61. The third-order valence-electron chi connectivity index (χ3n) is 3.32. The number of benzene rings is 1. The van der Waals surface area contributed by atoms with Gasteiger partial charge in [0, 0.05) is 5.56 Å². The molecule has 0 aliphatic rings. The summed E-state index contributed by atoms with van der Waals surface area (Å²) in [4.78, 5) is 10.6. The third kappa shape index (κ3) is 4.36. The summed E-state index contributed by atoms with van der Waals surface area (Å²) < 4.78 is 5.84. The van der Waals surface area contributed by atoms with Crippen molar-refractivity contribution in [2.45, 2.75) is 59.3 Å². The van der Waals surface area contributed by atoms with E-state index in [1.807, 2.05) is 13.0 Å². The highest BCUT2D eigenvalue weighted by molar-refractivity contribution is 5.75. The maximum atomic E-state index is 10.6. The van der Waals surface area contributed by atoms with Crippen molar-refractivity contribution >= 4 is 6.29 Å². The third-order valence-corrected chi connectivity index (χ3v) is 3.32. The molecule has 2 nitrogen and oxygen atoms in total. The Morgan fingerprint density at radius 1 is 1.10 bits per heavy atom. The van der Waals surface area contributed by atoms with Crippen LogP contribution < -0.4 is 4.74 Å². The van der Waals surface area contributed by atoms with Crippen LogP contribution in [-0.4, -0.2) is 12.9 Å². The van der Waals surface area contributed by atoms with Crippen molar-refractivity contribution in [2.24, 2.45) is 0 Å². The van der Waals surface area contributed by atoms with Crippen molar-refractivity contribution < 1.29 is 9.53 Å². The SMILES string of the molecule is CCOc1c(C#CC=O)cc(C(C)(C)C)cc1C(C)(C)C. The topological polar surface area (TPSA) is 26.3 Å². The van der Waals surface area contributed by atoms with Crippen LogP contribution in [0.3, 0.4) is 0 Å². The quantitative estimate of drug-likeness (QED) is 0.600. The summed E-state index contributed by atoms with van der Waals surface area (Å²) in [6.07, 6.45) is 0.621. The zero-order valence-corrected chi connectivity index (χ0v) is 14.3. The van der Waals surface area contributed by atoms with E-state index in [2.05, 4.69) is 59.4 Å². The summed E-state index contributed by atoms with van der Waals surface area (Å²) in [5.74, 6) is 6.24. The average Bonchev–Trinajstić information content (AvgIpc) is 2.34. The lowest BCUT2D eigenvalue weighted by atomic mass is 9.79. The molecule has 21 heavy (non-hydrogen) atoms. The lowest BCUT2D eigenvalue weighted by molar-refractivity contribution is -0.103. The number of carbonyl (C=O) groups is 1. The normalized spacial score (nSPS) is 11.6. The molecule has 0 saturated heterocycles. The first-order valence-electron chi connectivity index (χ1n) is 7.38. The molecule has 1 rings (SSSR count).